The van der Waals surface area contributed by atoms with Crippen molar-refractivity contribution in [1.29, 1.82) is 0 Å². The Balaban J connectivity index is 2.02. The molecule has 28 heavy (non-hydrogen) atoms. The predicted octanol–water partition coefficient (Wildman–Crippen LogP) is 4.40. The minimum Gasteiger partial charge on any atom is -0.467 e. The van der Waals surface area contributed by atoms with E-state index in [2.05, 4.69) is 5.32 Å². The molecule has 0 unspecified atom stereocenters. The van der Waals surface area contributed by atoms with E-state index in [0.29, 0.717) is 5.75 Å². The second kappa shape index (κ2) is 9.26. The monoisotopic (exact) mass is 385 g/mol. The van der Waals surface area contributed by atoms with E-state index in [-0.39, 0.29) is 6.42 Å². The van der Waals surface area contributed by atoms with Crippen LogP contribution in [0.1, 0.15) is 31.9 Å². The van der Waals surface area contributed by atoms with Crippen molar-refractivity contribution in [2.75, 3.05) is 7.11 Å². The third kappa shape index (κ3) is 6.95. The molecule has 0 saturated carbocycles. The van der Waals surface area contributed by atoms with Gasteiger partial charge in [-0.25, -0.2) is 9.59 Å². The fourth-order valence-corrected chi connectivity index (χ4v) is 2.46. The van der Waals surface area contributed by atoms with Crippen LogP contribution in [-0.4, -0.2) is 30.8 Å². The Morgan fingerprint density at radius 1 is 0.964 bits per heavy atom. The summed E-state index contributed by atoms with van der Waals surface area (Å²) in [4.78, 5) is 24.0. The highest BCUT2D eigenvalue weighted by Crippen LogP contribution is 2.22. The van der Waals surface area contributed by atoms with Crippen molar-refractivity contribution >= 4 is 12.1 Å². The van der Waals surface area contributed by atoms with E-state index >= 15 is 0 Å². The summed E-state index contributed by atoms with van der Waals surface area (Å²) in [5, 5.41) is 2.57. The molecule has 0 saturated heterocycles. The van der Waals surface area contributed by atoms with Crippen LogP contribution < -0.4 is 10.1 Å². The molecule has 0 aromatic heterocycles. The molecule has 0 aliphatic heterocycles. The van der Waals surface area contributed by atoms with Crippen LogP contribution in [-0.2, 0) is 20.7 Å². The number of methoxy groups -OCH3 is 1. The number of esters is 1. The summed E-state index contributed by atoms with van der Waals surface area (Å²) in [6.45, 7) is 7.28. The van der Waals surface area contributed by atoms with Crippen molar-refractivity contribution in [3.8, 4) is 11.5 Å². The summed E-state index contributed by atoms with van der Waals surface area (Å²) in [7, 11) is 1.28. The molecule has 0 bridgehead atoms. The number of amides is 1. The van der Waals surface area contributed by atoms with Crippen LogP contribution >= 0.6 is 0 Å². The minimum absolute atomic E-state index is 0.275. The van der Waals surface area contributed by atoms with Gasteiger partial charge in [0.1, 0.15) is 23.1 Å². The number of alkyl carbamates (subject to hydrolysis) is 1. The first-order chi connectivity index (χ1) is 13.2. The van der Waals surface area contributed by atoms with Gasteiger partial charge in [0.2, 0.25) is 0 Å². The first-order valence-corrected chi connectivity index (χ1v) is 9.07. The minimum atomic E-state index is -0.844. The Labute approximate surface area is 165 Å². The summed E-state index contributed by atoms with van der Waals surface area (Å²) in [6.07, 6.45) is -0.390. The zero-order chi connectivity index (χ0) is 20.7. The van der Waals surface area contributed by atoms with E-state index in [1.807, 2.05) is 55.5 Å². The summed E-state index contributed by atoms with van der Waals surface area (Å²) in [5.41, 5.74) is 1.36. The van der Waals surface area contributed by atoms with Crippen LogP contribution in [0.5, 0.6) is 11.5 Å². The van der Waals surface area contributed by atoms with E-state index in [1.54, 1.807) is 20.8 Å². The number of hydrogen-bond acceptors (Lipinski definition) is 5. The standard InChI is InChI=1S/C22H27NO5/c1-15-6-10-17(11-7-15)27-18-12-8-16(9-13-18)14-19(20(24)26-5)23-21(25)28-22(2,3)4/h6-13,19H,14H2,1-5H3,(H,23,25)/t19-/m1/s1. The highest BCUT2D eigenvalue weighted by Gasteiger charge is 2.25. The van der Waals surface area contributed by atoms with Gasteiger partial charge in [0.05, 0.1) is 7.11 Å². The van der Waals surface area contributed by atoms with Crippen LogP contribution in [0.4, 0.5) is 4.79 Å². The molecule has 0 spiro atoms. The van der Waals surface area contributed by atoms with Gasteiger partial charge in [-0.05, 0) is 57.5 Å². The predicted molar refractivity (Wildman–Crippen MR) is 107 cm³/mol. The Kier molecular flexibility index (Phi) is 7.04. The van der Waals surface area contributed by atoms with Crippen molar-refractivity contribution in [2.24, 2.45) is 0 Å². The average Bonchev–Trinajstić information content (AvgIpc) is 2.62. The zero-order valence-electron chi connectivity index (χ0n) is 16.9. The number of carbonyl (C=O) groups is 2. The molecule has 2 aromatic rings. The first kappa shape index (κ1) is 21.3. The van der Waals surface area contributed by atoms with Crippen molar-refractivity contribution in [3.05, 3.63) is 59.7 Å². The third-order valence-corrected chi connectivity index (χ3v) is 3.80. The number of aryl methyl sites for hydroxylation is 1. The van der Waals surface area contributed by atoms with E-state index in [0.717, 1.165) is 16.9 Å². The second-order valence-electron chi connectivity index (χ2n) is 7.49. The van der Waals surface area contributed by atoms with Crippen LogP contribution in [0, 0.1) is 6.92 Å². The van der Waals surface area contributed by atoms with Crippen LogP contribution in [0.3, 0.4) is 0 Å². The van der Waals surface area contributed by atoms with E-state index in [1.165, 1.54) is 7.11 Å². The highest BCUT2D eigenvalue weighted by atomic mass is 16.6. The lowest BCUT2D eigenvalue weighted by Gasteiger charge is -2.22. The van der Waals surface area contributed by atoms with Crippen LogP contribution in [0.15, 0.2) is 48.5 Å². The topological polar surface area (TPSA) is 73.9 Å². The lowest BCUT2D eigenvalue weighted by atomic mass is 10.1. The number of hydrogen-bond donors (Lipinski definition) is 1. The maximum atomic E-state index is 12.0. The Hall–Kier alpha value is -3.02. The second-order valence-corrected chi connectivity index (χ2v) is 7.49. The number of carbonyl (C=O) groups excluding carboxylic acids is 2. The molecule has 2 aromatic carbocycles. The Morgan fingerprint density at radius 3 is 2.00 bits per heavy atom. The quantitative estimate of drug-likeness (QED) is 0.746. The zero-order valence-corrected chi connectivity index (χ0v) is 16.9. The van der Waals surface area contributed by atoms with Crippen LogP contribution in [0.2, 0.25) is 0 Å². The average molecular weight is 385 g/mol. The van der Waals surface area contributed by atoms with Gasteiger partial charge in [-0.1, -0.05) is 29.8 Å². The lowest BCUT2D eigenvalue weighted by molar-refractivity contribution is -0.143. The number of ether oxygens (including phenoxy) is 3. The SMILES string of the molecule is COC(=O)[C@@H](Cc1ccc(Oc2ccc(C)cc2)cc1)NC(=O)OC(C)(C)C. The van der Waals surface area contributed by atoms with Crippen molar-refractivity contribution < 1.29 is 23.8 Å². The number of benzene rings is 2. The maximum absolute atomic E-state index is 12.0. The molecule has 1 amide bonds. The smallest absolute Gasteiger partial charge is 0.408 e. The molecule has 0 fully saturated rings. The maximum Gasteiger partial charge on any atom is 0.408 e. The highest BCUT2D eigenvalue weighted by molar-refractivity contribution is 5.81. The summed E-state index contributed by atoms with van der Waals surface area (Å²) < 4.78 is 15.8. The molecular weight excluding hydrogens is 358 g/mol. The lowest BCUT2D eigenvalue weighted by Crippen LogP contribution is -2.45. The molecule has 0 aliphatic rings. The summed E-state index contributed by atoms with van der Waals surface area (Å²) in [5.74, 6) is 0.894. The van der Waals surface area contributed by atoms with Crippen molar-refractivity contribution in [1.82, 2.24) is 5.32 Å². The molecular formula is C22H27NO5. The molecule has 2 rings (SSSR count). The Morgan fingerprint density at radius 2 is 1.50 bits per heavy atom. The van der Waals surface area contributed by atoms with E-state index in [9.17, 15) is 9.59 Å². The van der Waals surface area contributed by atoms with Gasteiger partial charge in [-0.15, -0.1) is 0 Å². The van der Waals surface area contributed by atoms with Gasteiger partial charge in [-0.3, -0.25) is 0 Å². The normalized spacial score (nSPS) is 12.0. The number of nitrogens with one attached hydrogen (secondary N) is 1. The van der Waals surface area contributed by atoms with Crippen molar-refractivity contribution in [2.45, 2.75) is 45.8 Å². The molecule has 0 aliphatic carbocycles. The van der Waals surface area contributed by atoms with Gasteiger partial charge < -0.3 is 19.5 Å². The number of rotatable bonds is 6. The molecule has 1 N–H and O–H groups in total. The first-order valence-electron chi connectivity index (χ1n) is 9.07. The fourth-order valence-electron chi connectivity index (χ4n) is 2.46. The summed E-state index contributed by atoms with van der Waals surface area (Å²) >= 11 is 0. The van der Waals surface area contributed by atoms with Crippen LogP contribution in [0.25, 0.3) is 0 Å². The van der Waals surface area contributed by atoms with Gasteiger partial charge in [0, 0.05) is 6.42 Å². The molecule has 150 valence electrons. The third-order valence-electron chi connectivity index (χ3n) is 3.80. The Bertz CT molecular complexity index is 791. The van der Waals surface area contributed by atoms with E-state index < -0.39 is 23.7 Å². The van der Waals surface area contributed by atoms with Gasteiger partial charge >= 0.3 is 12.1 Å². The largest absolute Gasteiger partial charge is 0.467 e. The van der Waals surface area contributed by atoms with Gasteiger partial charge in [0.15, 0.2) is 0 Å². The van der Waals surface area contributed by atoms with Gasteiger partial charge in [-0.2, -0.15) is 0 Å². The molecule has 1 atom stereocenters. The molecule has 0 heterocycles. The fraction of sp³-hybridized carbons (Fsp3) is 0.364. The molecule has 6 heteroatoms. The summed E-state index contributed by atoms with van der Waals surface area (Å²) in [6, 6.07) is 14.2. The molecule has 0 radical (unpaired) electrons. The van der Waals surface area contributed by atoms with E-state index in [4.69, 9.17) is 14.2 Å². The van der Waals surface area contributed by atoms with Crippen molar-refractivity contribution in [3.63, 3.8) is 0 Å². The van der Waals surface area contributed by atoms with Gasteiger partial charge in [0.25, 0.3) is 0 Å². The molecule has 6 nitrogen and oxygen atoms in total.